The molecule has 0 amide bonds. The van der Waals surface area contributed by atoms with E-state index >= 15 is 0 Å². The molecule has 190 valence electrons. The zero-order valence-electron chi connectivity index (χ0n) is 19.2. The van der Waals surface area contributed by atoms with Crippen molar-refractivity contribution < 1.29 is 44.3 Å². The van der Waals surface area contributed by atoms with Gasteiger partial charge in [0, 0.05) is 41.5 Å². The van der Waals surface area contributed by atoms with Gasteiger partial charge in [0.2, 0.25) is 0 Å². The number of ether oxygens (including phenoxy) is 2. The number of hydrogen-bond donors (Lipinski definition) is 5. The predicted octanol–water partition coefficient (Wildman–Crippen LogP) is 1.42. The molecule has 5 N–H and O–H groups in total. The van der Waals surface area contributed by atoms with Gasteiger partial charge in [-0.3, -0.25) is 14.4 Å². The third-order valence-corrected chi connectivity index (χ3v) is 7.66. The zero-order valence-corrected chi connectivity index (χ0v) is 19.9. The molecule has 36 heavy (non-hydrogen) atoms. The molecule has 1 saturated heterocycles. The Balaban J connectivity index is 1.68. The van der Waals surface area contributed by atoms with Gasteiger partial charge in [-0.25, -0.2) is 4.84 Å². The van der Waals surface area contributed by atoms with Gasteiger partial charge in [0.25, 0.3) is 0 Å². The topological polar surface area (TPSA) is 163 Å². The smallest absolute Gasteiger partial charge is 0.198 e. The Morgan fingerprint density at radius 2 is 1.69 bits per heavy atom. The maximum atomic E-state index is 13.3. The van der Waals surface area contributed by atoms with E-state index in [1.165, 1.54) is 19.1 Å². The Bertz CT molecular complexity index is 1290. The summed E-state index contributed by atoms with van der Waals surface area (Å²) in [4.78, 5) is 41.8. The Morgan fingerprint density at radius 3 is 2.25 bits per heavy atom. The van der Waals surface area contributed by atoms with Gasteiger partial charge in [-0.2, -0.15) is 0 Å². The number of phenols is 2. The number of fused-ring (bicyclic) bond motifs is 3. The van der Waals surface area contributed by atoms with Crippen LogP contribution in [0.4, 0.5) is 0 Å². The highest BCUT2D eigenvalue weighted by atomic mass is 35.5. The minimum atomic E-state index is -1.44. The largest absolute Gasteiger partial charge is 0.507 e. The van der Waals surface area contributed by atoms with Gasteiger partial charge in [-0.15, -0.1) is 0 Å². The molecule has 0 bridgehead atoms. The Hall–Kier alpha value is -2.86. The van der Waals surface area contributed by atoms with Crippen molar-refractivity contribution in [1.29, 1.82) is 0 Å². The number of halogens is 1. The van der Waals surface area contributed by atoms with E-state index in [1.807, 2.05) is 0 Å². The van der Waals surface area contributed by atoms with Crippen molar-refractivity contribution in [3.63, 3.8) is 0 Å². The van der Waals surface area contributed by atoms with Gasteiger partial charge in [0.05, 0.1) is 35.5 Å². The van der Waals surface area contributed by atoms with Gasteiger partial charge < -0.3 is 29.9 Å². The lowest BCUT2D eigenvalue weighted by atomic mass is 9.71. The lowest BCUT2D eigenvalue weighted by Gasteiger charge is -2.42. The average molecular weight is 518 g/mol. The molecule has 5 rings (SSSR count). The van der Waals surface area contributed by atoms with Gasteiger partial charge >= 0.3 is 0 Å². The molecule has 3 unspecified atom stereocenters. The molecule has 2 aliphatic carbocycles. The molecule has 2 aromatic carbocycles. The van der Waals surface area contributed by atoms with Crippen LogP contribution in [0, 0.1) is 0 Å². The monoisotopic (exact) mass is 517 g/mol. The van der Waals surface area contributed by atoms with Crippen LogP contribution < -0.4 is 4.84 Å². The fourth-order valence-electron chi connectivity index (χ4n) is 5.24. The highest BCUT2D eigenvalue weighted by Gasteiger charge is 2.49. The summed E-state index contributed by atoms with van der Waals surface area (Å²) < 4.78 is 11.5. The van der Waals surface area contributed by atoms with Crippen LogP contribution in [0.15, 0.2) is 24.3 Å². The number of nitrogens with one attached hydrogen (secondary N) is 1. The van der Waals surface area contributed by atoms with Crippen molar-refractivity contribution in [2.24, 2.45) is 0 Å². The second kappa shape index (κ2) is 8.91. The van der Waals surface area contributed by atoms with E-state index in [2.05, 4.69) is 4.84 Å². The van der Waals surface area contributed by atoms with Crippen molar-refractivity contribution in [1.82, 2.24) is 4.84 Å². The molecular weight excluding hydrogens is 494 g/mol. The molecule has 1 fully saturated rings. The SMILES string of the molecule is CC(=O)[C@]1(NCl)Cc2c(O)c3c(c(O)c2[C@@H](OC2CC(O)C(O)CO2)C1)C(=O)c1ccccc1C3=O. The first-order valence-electron chi connectivity index (χ1n) is 11.4. The van der Waals surface area contributed by atoms with Crippen LogP contribution in [0.25, 0.3) is 0 Å². The summed E-state index contributed by atoms with van der Waals surface area (Å²) in [5, 5.41) is 42.5. The molecule has 1 heterocycles. The molecule has 2 aromatic rings. The number of aromatic hydroxyl groups is 2. The van der Waals surface area contributed by atoms with Crippen LogP contribution in [0.3, 0.4) is 0 Å². The number of phenolic OH excluding ortho intramolecular Hbond substituents is 2. The minimum absolute atomic E-state index is 0.0276. The van der Waals surface area contributed by atoms with Gasteiger partial charge in [-0.05, 0) is 18.7 Å². The standard InChI is InChI=1S/C25H24ClNO9/c1-10(28)25(27-26)7-13-18(16(8-25)36-17-6-14(29)15(30)9-35-17)24(34)20-19(23(13)33)21(31)11-4-2-3-5-12(11)22(20)32/h2-5,14-17,27,29-30,33-34H,6-9H2,1H3/t14?,15?,16-,17?,25-/m0/s1. The highest BCUT2D eigenvalue weighted by molar-refractivity contribution is 6.30. The maximum absolute atomic E-state index is 13.3. The quantitative estimate of drug-likeness (QED) is 0.252. The number of hydrogen-bond acceptors (Lipinski definition) is 10. The summed E-state index contributed by atoms with van der Waals surface area (Å²) in [7, 11) is 0. The van der Waals surface area contributed by atoms with E-state index in [-0.39, 0.29) is 65.0 Å². The molecule has 1 aliphatic heterocycles. The summed E-state index contributed by atoms with van der Waals surface area (Å²) in [6.45, 7) is 1.09. The summed E-state index contributed by atoms with van der Waals surface area (Å²) in [6.07, 6.45) is -4.79. The fraction of sp³-hybridized carbons (Fsp3) is 0.400. The Kier molecular flexibility index (Phi) is 6.14. The molecule has 0 saturated carbocycles. The zero-order chi connectivity index (χ0) is 25.9. The second-order valence-electron chi connectivity index (χ2n) is 9.41. The number of carbonyl (C=O) groups is 3. The first kappa shape index (κ1) is 24.8. The van der Waals surface area contributed by atoms with Crippen molar-refractivity contribution in [2.75, 3.05) is 6.61 Å². The fourth-order valence-corrected chi connectivity index (χ4v) is 5.52. The molecule has 0 radical (unpaired) electrons. The average Bonchev–Trinajstić information content (AvgIpc) is 2.86. The number of rotatable bonds is 4. The number of aliphatic hydroxyl groups is 2. The van der Waals surface area contributed by atoms with Crippen molar-refractivity contribution in [2.45, 2.75) is 56.3 Å². The van der Waals surface area contributed by atoms with Crippen LogP contribution in [0.1, 0.15) is 68.8 Å². The third kappa shape index (κ3) is 3.64. The normalized spacial score (nSPS) is 29.3. The number of Topliss-reactive ketones (excluding diaryl/α,β-unsaturated/α-hetero) is 1. The van der Waals surface area contributed by atoms with Crippen LogP contribution in [0.5, 0.6) is 11.5 Å². The molecule has 11 heteroatoms. The van der Waals surface area contributed by atoms with Crippen LogP contribution in [-0.4, -0.2) is 68.4 Å². The summed E-state index contributed by atoms with van der Waals surface area (Å²) in [6, 6.07) is 6.09. The van der Waals surface area contributed by atoms with Crippen molar-refractivity contribution >= 4 is 29.1 Å². The second-order valence-corrected chi connectivity index (χ2v) is 9.60. The van der Waals surface area contributed by atoms with Crippen LogP contribution >= 0.6 is 11.8 Å². The van der Waals surface area contributed by atoms with Crippen molar-refractivity contribution in [3.8, 4) is 11.5 Å². The molecule has 0 aromatic heterocycles. The van der Waals surface area contributed by atoms with E-state index in [0.717, 1.165) is 0 Å². The number of benzene rings is 2. The minimum Gasteiger partial charge on any atom is -0.507 e. The lowest BCUT2D eigenvalue weighted by Crippen LogP contribution is -2.53. The van der Waals surface area contributed by atoms with E-state index in [1.54, 1.807) is 12.1 Å². The first-order valence-corrected chi connectivity index (χ1v) is 11.8. The molecular formula is C25H24ClNO9. The molecule has 0 spiro atoms. The molecule has 10 nitrogen and oxygen atoms in total. The number of ketones is 3. The van der Waals surface area contributed by atoms with E-state index in [9.17, 15) is 34.8 Å². The third-order valence-electron chi connectivity index (χ3n) is 7.30. The maximum Gasteiger partial charge on any atom is 0.198 e. The van der Waals surface area contributed by atoms with Gasteiger partial charge in [-0.1, -0.05) is 24.3 Å². The van der Waals surface area contributed by atoms with Gasteiger partial charge in [0.15, 0.2) is 23.6 Å². The summed E-state index contributed by atoms with van der Waals surface area (Å²) in [5.74, 6) is -2.75. The van der Waals surface area contributed by atoms with Gasteiger partial charge in [0.1, 0.15) is 17.6 Å². The molecule has 5 atom stereocenters. The van der Waals surface area contributed by atoms with E-state index in [4.69, 9.17) is 21.3 Å². The van der Waals surface area contributed by atoms with Crippen LogP contribution in [-0.2, 0) is 20.7 Å². The summed E-state index contributed by atoms with van der Waals surface area (Å²) >= 11 is 6.01. The Morgan fingerprint density at radius 1 is 1.08 bits per heavy atom. The van der Waals surface area contributed by atoms with E-state index < -0.39 is 53.2 Å². The van der Waals surface area contributed by atoms with Crippen molar-refractivity contribution in [3.05, 3.63) is 57.6 Å². The lowest BCUT2D eigenvalue weighted by molar-refractivity contribution is -0.238. The van der Waals surface area contributed by atoms with E-state index in [0.29, 0.717) is 0 Å². The molecule has 3 aliphatic rings. The Labute approximate surface area is 210 Å². The predicted molar refractivity (Wildman–Crippen MR) is 124 cm³/mol. The first-order chi connectivity index (χ1) is 17.1. The summed E-state index contributed by atoms with van der Waals surface area (Å²) in [5.41, 5.74) is -1.91. The number of aliphatic hydroxyl groups excluding tert-OH is 2. The van der Waals surface area contributed by atoms with Crippen LogP contribution in [0.2, 0.25) is 0 Å². The highest BCUT2D eigenvalue weighted by Crippen LogP contribution is 2.52. The number of carbonyl (C=O) groups excluding carboxylic acids is 3.